The van der Waals surface area contributed by atoms with Crippen molar-refractivity contribution in [2.24, 2.45) is 0 Å². The van der Waals surface area contributed by atoms with Gasteiger partial charge in [0.25, 0.3) is 11.8 Å². The first kappa shape index (κ1) is 28.3. The average Bonchev–Trinajstić information content (AvgIpc) is 3.47. The van der Waals surface area contributed by atoms with E-state index in [-0.39, 0.29) is 45.5 Å². The third-order valence-electron chi connectivity index (χ3n) is 7.96. The van der Waals surface area contributed by atoms with Crippen molar-refractivity contribution in [3.63, 3.8) is 0 Å². The number of ether oxygens (including phenoxy) is 1. The van der Waals surface area contributed by atoms with E-state index in [4.69, 9.17) is 4.74 Å². The van der Waals surface area contributed by atoms with Crippen LogP contribution in [-0.2, 0) is 17.9 Å². The van der Waals surface area contributed by atoms with Crippen molar-refractivity contribution in [1.82, 2.24) is 25.3 Å². The summed E-state index contributed by atoms with van der Waals surface area (Å²) < 4.78 is 23.5. The number of rotatable bonds is 6. The van der Waals surface area contributed by atoms with Gasteiger partial charge in [0.05, 0.1) is 19.2 Å². The number of hydrogen-bond acceptors (Lipinski definition) is 6. The van der Waals surface area contributed by atoms with E-state index in [9.17, 15) is 18.8 Å². The summed E-state index contributed by atoms with van der Waals surface area (Å²) in [4.78, 5) is 44.4. The fourth-order valence-corrected chi connectivity index (χ4v) is 7.82. The summed E-state index contributed by atoms with van der Waals surface area (Å²) in [5.41, 5.74) is 1.93. The molecule has 0 spiro atoms. The molecule has 0 aliphatic carbocycles. The molecule has 4 amide bonds. The van der Waals surface area contributed by atoms with E-state index < -0.39 is 29.2 Å². The smallest absolute Gasteiger partial charge is 0.312 e. The van der Waals surface area contributed by atoms with E-state index in [1.165, 1.54) is 28.2 Å². The Morgan fingerprint density at radius 1 is 1.07 bits per heavy atom. The number of carbonyl (C=O) groups is 3. The van der Waals surface area contributed by atoms with Gasteiger partial charge >= 0.3 is 131 Å². The van der Waals surface area contributed by atoms with Crippen molar-refractivity contribution in [2.45, 2.75) is 23.1 Å². The molecule has 2 aromatic carbocycles. The Morgan fingerprint density at radius 3 is 2.52 bits per heavy atom. The van der Waals surface area contributed by atoms with E-state index in [0.29, 0.717) is 11.1 Å². The molecule has 4 heterocycles. The normalized spacial score (nSPS) is 21.9. The van der Waals surface area contributed by atoms with E-state index in [2.05, 4.69) is 48.5 Å². The van der Waals surface area contributed by atoms with Gasteiger partial charge in [-0.3, -0.25) is 14.9 Å². The van der Waals surface area contributed by atoms with Gasteiger partial charge in [0.2, 0.25) is 5.54 Å². The Bertz CT molecular complexity index is 1560. The van der Waals surface area contributed by atoms with Crippen LogP contribution in [0.1, 0.15) is 27.0 Å². The number of nitrogens with one attached hydrogen (secondary N) is 2. The molecule has 4 aliphatic rings. The summed E-state index contributed by atoms with van der Waals surface area (Å²) in [5.74, 6) is 3.89. The van der Waals surface area contributed by atoms with E-state index >= 15 is 0 Å². The molecule has 4 aliphatic heterocycles. The number of methoxy groups -OCH3 is 1. The van der Waals surface area contributed by atoms with Crippen LogP contribution in [0.4, 0.5) is 9.18 Å². The molecule has 0 unspecified atom stereocenters. The number of imide groups is 1. The number of nitrogens with zero attached hydrogens (tertiary/aromatic N) is 3. The van der Waals surface area contributed by atoms with Crippen LogP contribution in [0.15, 0.2) is 58.3 Å². The second-order valence-electron chi connectivity index (χ2n) is 10.7. The van der Waals surface area contributed by atoms with Crippen LogP contribution < -0.4 is 15.4 Å². The van der Waals surface area contributed by atoms with Gasteiger partial charge in [0.15, 0.2) is 11.6 Å². The Morgan fingerprint density at radius 2 is 1.86 bits per heavy atom. The molecule has 2 aromatic rings. The molecule has 2 saturated heterocycles. The van der Waals surface area contributed by atoms with Gasteiger partial charge in [-0.05, 0) is 11.6 Å². The standard InChI is InChI=1S/C31H30FN5O4.Sn/c1-4-24(5-2)36-16-14-35(15-17-36)18-22-8-6-21(7-9-22)12-13-31(29(39)33-30(40)34-31)20-37-19-23-10-11-25(41-3)27(32)26(23)28(37)38;/h1,4-11H,2,14-20H2,3H3,(H2,33,34,39,40);/t31-;/m1./s1. The van der Waals surface area contributed by atoms with Gasteiger partial charge in [-0.25, -0.2) is 9.18 Å². The fraction of sp³-hybridized carbons (Fsp3) is 0.323. The molecule has 0 aromatic heterocycles. The number of hydrogen-bond donors (Lipinski definition) is 2. The monoisotopic (exact) mass is 675 g/mol. The molecule has 0 bridgehead atoms. The van der Waals surface area contributed by atoms with Crippen molar-refractivity contribution in [2.75, 3.05) is 39.8 Å². The fourth-order valence-electron chi connectivity index (χ4n) is 5.67. The molecule has 2 N–H and O–H groups in total. The first-order valence-corrected chi connectivity index (χ1v) is 17.5. The topological polar surface area (TPSA) is 94.2 Å². The number of amides is 4. The summed E-state index contributed by atoms with van der Waals surface area (Å²) in [7, 11) is 1.33. The summed E-state index contributed by atoms with van der Waals surface area (Å²) in [5, 5.41) is 4.81. The summed E-state index contributed by atoms with van der Waals surface area (Å²) >= 11 is -0.280. The van der Waals surface area contributed by atoms with Crippen LogP contribution >= 0.6 is 0 Å². The van der Waals surface area contributed by atoms with Gasteiger partial charge in [-0.2, -0.15) is 0 Å². The number of piperazine rings is 1. The van der Waals surface area contributed by atoms with Crippen LogP contribution in [0.5, 0.6) is 5.75 Å². The minimum absolute atomic E-state index is 0.0351. The molecule has 214 valence electrons. The quantitative estimate of drug-likeness (QED) is 0.277. The molecule has 42 heavy (non-hydrogen) atoms. The average molecular weight is 674 g/mol. The molecule has 11 heteroatoms. The van der Waals surface area contributed by atoms with Crippen LogP contribution in [-0.4, -0.2) is 99.1 Å². The van der Waals surface area contributed by atoms with Crippen molar-refractivity contribution in [1.29, 1.82) is 0 Å². The maximum absolute atomic E-state index is 14.8. The Hall–Kier alpha value is -3.82. The number of fused-ring (bicyclic) bond motifs is 1. The van der Waals surface area contributed by atoms with Crippen molar-refractivity contribution < 1.29 is 23.5 Å². The Kier molecular flexibility index (Phi) is 7.96. The van der Waals surface area contributed by atoms with Crippen molar-refractivity contribution in [3.8, 4) is 17.6 Å². The predicted molar refractivity (Wildman–Crippen MR) is 155 cm³/mol. The minimum atomic E-state index is -1.67. The van der Waals surface area contributed by atoms with Gasteiger partial charge in [0, 0.05) is 6.54 Å². The molecule has 0 saturated carbocycles. The third-order valence-corrected chi connectivity index (χ3v) is 10.4. The van der Waals surface area contributed by atoms with Crippen LogP contribution in [0.3, 0.4) is 0 Å². The summed E-state index contributed by atoms with van der Waals surface area (Å²) in [6.07, 6.45) is 4.69. The first-order chi connectivity index (χ1) is 20.3. The van der Waals surface area contributed by atoms with E-state index in [1.54, 1.807) is 6.07 Å². The minimum Gasteiger partial charge on any atom is -0.312 e. The molecule has 2 radical (unpaired) electrons. The number of urea groups is 1. The van der Waals surface area contributed by atoms with Crippen LogP contribution in [0.2, 0.25) is 4.44 Å². The predicted octanol–water partition coefficient (Wildman–Crippen LogP) is 2.07. The van der Waals surface area contributed by atoms with E-state index in [0.717, 1.165) is 38.3 Å². The Balaban J connectivity index is 1.12. The molecule has 2 fully saturated rings. The zero-order chi connectivity index (χ0) is 29.3. The van der Waals surface area contributed by atoms with Crippen molar-refractivity contribution in [3.05, 3.63) is 86.4 Å². The molecular formula is C31H30FN5O4Sn. The number of carbonyl (C=O) groups excluding carboxylic acids is 3. The summed E-state index contributed by atoms with van der Waals surface area (Å²) in [6.45, 7) is 4.73. The Labute approximate surface area is 254 Å². The number of benzene rings is 2. The molecule has 1 atom stereocenters. The van der Waals surface area contributed by atoms with Gasteiger partial charge in [-0.15, -0.1) is 0 Å². The number of halogens is 1. The first-order valence-electron chi connectivity index (χ1n) is 13.8. The SMILES string of the molecule is COc1ccc2c(c1F)C(=O)N(C[C@@]1(C#Cc3ccc(CN4CCN(C5=C[CH2][Sn][CH]=C5)CC4)cc3)NC(=O)NC1=O)C2. The van der Waals surface area contributed by atoms with Gasteiger partial charge in [0.1, 0.15) is 0 Å². The summed E-state index contributed by atoms with van der Waals surface area (Å²) in [6, 6.07) is 10.2. The third kappa shape index (κ3) is 5.63. The van der Waals surface area contributed by atoms with Crippen LogP contribution in [0, 0.1) is 17.7 Å². The molecule has 9 nitrogen and oxygen atoms in total. The molecular weight excluding hydrogens is 644 g/mol. The van der Waals surface area contributed by atoms with E-state index in [1.807, 2.05) is 24.3 Å². The number of allylic oxidation sites excluding steroid dienone is 2. The second kappa shape index (κ2) is 11.8. The zero-order valence-electron chi connectivity index (χ0n) is 23.2. The maximum atomic E-state index is 14.8. The zero-order valence-corrected chi connectivity index (χ0v) is 26.1. The van der Waals surface area contributed by atoms with Gasteiger partial charge < -0.3 is 15.0 Å². The molecule has 6 rings (SSSR count). The second-order valence-corrected chi connectivity index (χ2v) is 14.0. The van der Waals surface area contributed by atoms with Crippen LogP contribution in [0.25, 0.3) is 0 Å². The maximum Gasteiger partial charge on any atom is 0.323 e. The van der Waals surface area contributed by atoms with Crippen molar-refractivity contribution >= 4 is 39.0 Å². The largest absolute Gasteiger partial charge is 0.323 e. The van der Waals surface area contributed by atoms with Gasteiger partial charge in [-0.1, -0.05) is 17.9 Å².